The van der Waals surface area contributed by atoms with E-state index in [1.807, 2.05) is 38.4 Å². The first-order valence-electron chi connectivity index (χ1n) is 12.6. The third kappa shape index (κ3) is 4.22. The first kappa shape index (κ1) is 23.0. The Morgan fingerprint density at radius 3 is 2.75 bits per heavy atom. The van der Waals surface area contributed by atoms with Crippen molar-refractivity contribution in [3.05, 3.63) is 78.5 Å². The molecule has 0 spiro atoms. The van der Waals surface area contributed by atoms with Crippen LogP contribution in [0, 0.1) is 11.7 Å². The molecule has 0 amide bonds. The smallest absolute Gasteiger partial charge is 0.161 e. The number of anilines is 1. The summed E-state index contributed by atoms with van der Waals surface area (Å²) >= 11 is 0. The second-order valence-corrected chi connectivity index (χ2v) is 10.7. The quantitative estimate of drug-likeness (QED) is 0.366. The first-order chi connectivity index (χ1) is 17.4. The van der Waals surface area contributed by atoms with Crippen LogP contribution in [0.3, 0.4) is 0 Å². The van der Waals surface area contributed by atoms with Gasteiger partial charge >= 0.3 is 0 Å². The van der Waals surface area contributed by atoms with E-state index in [9.17, 15) is 9.50 Å². The number of aliphatic hydroxyl groups is 1. The van der Waals surface area contributed by atoms with E-state index in [0.717, 1.165) is 60.9 Å². The number of aromatic nitrogens is 3. The van der Waals surface area contributed by atoms with E-state index in [1.54, 1.807) is 0 Å². The van der Waals surface area contributed by atoms with Crippen molar-refractivity contribution >= 4 is 5.69 Å². The van der Waals surface area contributed by atoms with Crippen LogP contribution < -0.4 is 10.2 Å². The summed E-state index contributed by atoms with van der Waals surface area (Å²) in [5, 5.41) is 13.0. The zero-order chi connectivity index (χ0) is 24.9. The second-order valence-electron chi connectivity index (χ2n) is 10.7. The number of nitrogens with zero attached hydrogens (tertiary/aromatic N) is 4. The minimum Gasteiger partial charge on any atom is -0.394 e. The molecule has 0 saturated carbocycles. The zero-order valence-electron chi connectivity index (χ0n) is 20.8. The van der Waals surface area contributed by atoms with Gasteiger partial charge in [0.2, 0.25) is 0 Å². The van der Waals surface area contributed by atoms with Gasteiger partial charge in [0.15, 0.2) is 5.82 Å². The summed E-state index contributed by atoms with van der Waals surface area (Å²) in [5.74, 6) is 1.24. The normalized spacial score (nSPS) is 17.0. The fourth-order valence-electron chi connectivity index (χ4n) is 5.34. The van der Waals surface area contributed by atoms with Gasteiger partial charge in [0.25, 0.3) is 0 Å². The lowest BCUT2D eigenvalue weighted by Gasteiger charge is -2.26. The van der Waals surface area contributed by atoms with Crippen molar-refractivity contribution in [1.82, 2.24) is 19.4 Å². The molecule has 4 aromatic rings. The molecule has 186 valence electrons. The summed E-state index contributed by atoms with van der Waals surface area (Å²) in [6.07, 6.45) is 7.15. The van der Waals surface area contributed by atoms with Gasteiger partial charge < -0.3 is 19.9 Å². The lowest BCUT2D eigenvalue weighted by Crippen LogP contribution is -2.45. The Kier molecular flexibility index (Phi) is 5.69. The fraction of sp³-hybridized carbons (Fsp3) is 0.345. The molecule has 2 aliphatic rings. The Morgan fingerprint density at radius 1 is 1.11 bits per heavy atom. The number of hydrogen-bond donors (Lipinski definition) is 2. The maximum Gasteiger partial charge on any atom is 0.161 e. The van der Waals surface area contributed by atoms with Crippen LogP contribution in [0.1, 0.15) is 25.8 Å². The number of aliphatic hydroxyl groups excluding tert-OH is 1. The highest BCUT2D eigenvalue weighted by Gasteiger charge is 2.27. The molecule has 7 heteroatoms. The molecule has 2 N–H and O–H groups in total. The van der Waals surface area contributed by atoms with E-state index >= 15 is 0 Å². The van der Waals surface area contributed by atoms with Crippen molar-refractivity contribution in [2.24, 2.45) is 5.92 Å². The Bertz CT molecular complexity index is 1390. The Morgan fingerprint density at radius 2 is 1.94 bits per heavy atom. The van der Waals surface area contributed by atoms with Crippen LogP contribution in [0.15, 0.2) is 67.1 Å². The van der Waals surface area contributed by atoms with Gasteiger partial charge in [-0.15, -0.1) is 0 Å². The van der Waals surface area contributed by atoms with E-state index in [4.69, 9.17) is 0 Å². The van der Waals surface area contributed by atoms with Gasteiger partial charge in [0.05, 0.1) is 18.0 Å². The average Bonchev–Trinajstić information content (AvgIpc) is 3.62. The van der Waals surface area contributed by atoms with E-state index in [1.165, 1.54) is 23.4 Å². The Labute approximate surface area is 211 Å². The monoisotopic (exact) mass is 485 g/mol. The molecule has 1 fully saturated rings. The van der Waals surface area contributed by atoms with Crippen LogP contribution in [0.4, 0.5) is 10.1 Å². The highest BCUT2D eigenvalue weighted by molar-refractivity contribution is 5.72. The second kappa shape index (κ2) is 8.91. The molecule has 1 atom stereocenters. The highest BCUT2D eigenvalue weighted by atomic mass is 19.1. The number of nitrogens with one attached hydrogen (secondary N) is 1. The molecule has 6 rings (SSSR count). The minimum absolute atomic E-state index is 0.134. The maximum atomic E-state index is 13.5. The summed E-state index contributed by atoms with van der Waals surface area (Å²) in [4.78, 5) is 7.15. The van der Waals surface area contributed by atoms with Crippen molar-refractivity contribution < 1.29 is 9.50 Å². The lowest BCUT2D eigenvalue weighted by atomic mass is 10.0. The summed E-state index contributed by atoms with van der Waals surface area (Å²) in [7, 11) is 0. The number of benzene rings is 2. The van der Waals surface area contributed by atoms with Gasteiger partial charge in [-0.2, -0.15) is 0 Å². The number of fused-ring (bicyclic) bond motifs is 5. The number of halogens is 1. The third-order valence-corrected chi connectivity index (χ3v) is 7.52. The van der Waals surface area contributed by atoms with Gasteiger partial charge in [0.1, 0.15) is 5.82 Å². The zero-order valence-corrected chi connectivity index (χ0v) is 20.8. The van der Waals surface area contributed by atoms with Crippen molar-refractivity contribution in [2.75, 3.05) is 31.1 Å². The predicted octanol–water partition coefficient (Wildman–Crippen LogP) is 4.70. The molecule has 0 radical (unpaired) electrons. The van der Waals surface area contributed by atoms with Gasteiger partial charge in [-0.3, -0.25) is 4.57 Å². The van der Waals surface area contributed by atoms with Crippen LogP contribution in [0.25, 0.3) is 28.3 Å². The highest BCUT2D eigenvalue weighted by Crippen LogP contribution is 2.36. The van der Waals surface area contributed by atoms with Gasteiger partial charge in [0, 0.05) is 61.6 Å². The topological polar surface area (TPSA) is 58.2 Å². The molecule has 4 heterocycles. The minimum atomic E-state index is -0.249. The van der Waals surface area contributed by atoms with Crippen LogP contribution >= 0.6 is 0 Å². The molecular weight excluding hydrogens is 453 g/mol. The van der Waals surface area contributed by atoms with Crippen LogP contribution in [0.5, 0.6) is 0 Å². The van der Waals surface area contributed by atoms with E-state index in [-0.39, 0.29) is 18.0 Å². The van der Waals surface area contributed by atoms with Crippen molar-refractivity contribution in [3.8, 4) is 28.3 Å². The SMILES string of the molecule is CC(C)(CO)NCC1CCN(c2ccc3c(c2)Cn2cc(-c4ccc(F)cc4)cc2-c2nccn2-3)C1. The number of hydrogen-bond acceptors (Lipinski definition) is 4. The summed E-state index contributed by atoms with van der Waals surface area (Å²) in [6.45, 7) is 7.90. The Balaban J connectivity index is 1.28. The first-order valence-corrected chi connectivity index (χ1v) is 12.6. The number of imidazole rings is 1. The molecule has 2 aromatic carbocycles. The van der Waals surface area contributed by atoms with Gasteiger partial charge in [-0.1, -0.05) is 12.1 Å². The lowest BCUT2D eigenvalue weighted by molar-refractivity contribution is 0.184. The molecule has 2 aliphatic heterocycles. The molecule has 0 aliphatic carbocycles. The summed E-state index contributed by atoms with van der Waals surface area (Å²) < 4.78 is 17.9. The van der Waals surface area contributed by atoms with Crippen LogP contribution in [0.2, 0.25) is 0 Å². The molecule has 0 bridgehead atoms. The molecule has 36 heavy (non-hydrogen) atoms. The van der Waals surface area contributed by atoms with Gasteiger partial charge in [-0.25, -0.2) is 9.37 Å². The maximum absolute atomic E-state index is 13.5. The molecule has 1 unspecified atom stereocenters. The fourth-order valence-corrected chi connectivity index (χ4v) is 5.34. The van der Waals surface area contributed by atoms with Crippen LogP contribution in [-0.4, -0.2) is 51.0 Å². The standard InChI is InChI=1S/C29H32FN5O/c1-29(2,19-36)32-15-20-9-11-33(16-20)25-7-8-26-23(13-25)18-34-17-22(21-3-5-24(30)6-4-21)14-27(34)28-31-10-12-35(26)28/h3-8,10,12-14,17,20,32,36H,9,11,15-16,18-19H2,1-2H3. The van der Waals surface area contributed by atoms with Crippen molar-refractivity contribution in [1.29, 1.82) is 0 Å². The van der Waals surface area contributed by atoms with Crippen LogP contribution in [-0.2, 0) is 6.54 Å². The van der Waals surface area contributed by atoms with E-state index < -0.39 is 0 Å². The average molecular weight is 486 g/mol. The molecule has 6 nitrogen and oxygen atoms in total. The van der Waals surface area contributed by atoms with E-state index in [2.05, 4.69) is 54.8 Å². The molecule has 1 saturated heterocycles. The predicted molar refractivity (Wildman–Crippen MR) is 141 cm³/mol. The van der Waals surface area contributed by atoms with E-state index in [0.29, 0.717) is 5.92 Å². The van der Waals surface area contributed by atoms with Gasteiger partial charge in [-0.05, 0) is 73.7 Å². The van der Waals surface area contributed by atoms with Crippen molar-refractivity contribution in [2.45, 2.75) is 32.4 Å². The number of rotatable bonds is 6. The Hall–Kier alpha value is -3.42. The third-order valence-electron chi connectivity index (χ3n) is 7.52. The summed E-state index contributed by atoms with van der Waals surface area (Å²) in [6, 6.07) is 15.6. The molecular formula is C29H32FN5O. The van der Waals surface area contributed by atoms with Crippen molar-refractivity contribution in [3.63, 3.8) is 0 Å². The largest absolute Gasteiger partial charge is 0.394 e. The summed E-state index contributed by atoms with van der Waals surface area (Å²) in [5.41, 5.74) is 6.49. The molecule has 2 aromatic heterocycles.